The smallest absolute Gasteiger partial charge is 0.251 e. The van der Waals surface area contributed by atoms with Gasteiger partial charge in [0.1, 0.15) is 0 Å². The van der Waals surface area contributed by atoms with Gasteiger partial charge in [-0.05, 0) is 13.0 Å². The van der Waals surface area contributed by atoms with E-state index in [0.29, 0.717) is 11.3 Å². The summed E-state index contributed by atoms with van der Waals surface area (Å²) in [6.07, 6.45) is 3.13. The van der Waals surface area contributed by atoms with E-state index in [2.05, 4.69) is 5.32 Å². The van der Waals surface area contributed by atoms with Gasteiger partial charge in [0.2, 0.25) is 0 Å². The van der Waals surface area contributed by atoms with Gasteiger partial charge >= 0.3 is 0 Å². The lowest BCUT2D eigenvalue weighted by Crippen LogP contribution is -2.36. The number of amides is 1. The van der Waals surface area contributed by atoms with Crippen molar-refractivity contribution in [3.63, 3.8) is 0 Å². The molecule has 0 aromatic carbocycles. The van der Waals surface area contributed by atoms with E-state index in [-0.39, 0.29) is 17.5 Å². The van der Waals surface area contributed by atoms with Gasteiger partial charge < -0.3 is 9.88 Å². The highest BCUT2D eigenvalue weighted by Crippen LogP contribution is 1.96. The number of pyridine rings is 1. The summed E-state index contributed by atoms with van der Waals surface area (Å²) in [5.74, 6) is 0.0805. The van der Waals surface area contributed by atoms with Crippen molar-refractivity contribution in [3.8, 4) is 0 Å². The van der Waals surface area contributed by atoms with Gasteiger partial charge in [-0.1, -0.05) is 0 Å². The molecule has 0 aliphatic heterocycles. The summed E-state index contributed by atoms with van der Waals surface area (Å²) in [7, 11) is 0.661. The predicted octanol–water partition coefficient (Wildman–Crippen LogP) is -0.118. The minimum Gasteiger partial charge on any atom is -0.349 e. The van der Waals surface area contributed by atoms with E-state index in [0.717, 1.165) is 0 Å². The predicted molar refractivity (Wildman–Crippen MR) is 67.5 cm³/mol. The Bertz CT molecular complexity index is 496. The van der Waals surface area contributed by atoms with Gasteiger partial charge in [-0.3, -0.25) is 13.8 Å². The van der Waals surface area contributed by atoms with E-state index in [1.54, 1.807) is 32.5 Å². The van der Waals surface area contributed by atoms with Crippen molar-refractivity contribution in [2.75, 3.05) is 12.0 Å². The van der Waals surface area contributed by atoms with Gasteiger partial charge in [-0.2, -0.15) is 0 Å². The van der Waals surface area contributed by atoms with Crippen LogP contribution in [0.2, 0.25) is 0 Å². The second-order valence-electron chi connectivity index (χ2n) is 3.98. The van der Waals surface area contributed by atoms with Crippen LogP contribution >= 0.6 is 0 Å². The summed E-state index contributed by atoms with van der Waals surface area (Å²) in [5.41, 5.74) is 0.0891. The Hall–Kier alpha value is -1.43. The average Bonchev–Trinajstić information content (AvgIpc) is 2.20. The standard InChI is InChI=1S/C11H16N2O3S/c1-8(7-17(3)16)12-11(15)9-4-5-13(2)10(14)6-9/h4-6,8H,7H2,1-3H3,(H,12,15). The highest BCUT2D eigenvalue weighted by Gasteiger charge is 2.11. The Labute approximate surface area is 102 Å². The molecule has 2 atom stereocenters. The highest BCUT2D eigenvalue weighted by atomic mass is 32.2. The van der Waals surface area contributed by atoms with Crippen molar-refractivity contribution in [3.05, 3.63) is 34.2 Å². The summed E-state index contributed by atoms with van der Waals surface area (Å²) in [6.45, 7) is 1.78. The Morgan fingerprint density at radius 2 is 2.24 bits per heavy atom. The third kappa shape index (κ3) is 4.14. The lowest BCUT2D eigenvalue weighted by atomic mass is 10.2. The number of nitrogens with zero attached hydrogens (tertiary/aromatic N) is 1. The van der Waals surface area contributed by atoms with E-state index in [9.17, 15) is 13.8 Å². The molecule has 94 valence electrons. The summed E-state index contributed by atoms with van der Waals surface area (Å²) in [5, 5.41) is 2.69. The molecule has 0 spiro atoms. The van der Waals surface area contributed by atoms with Crippen molar-refractivity contribution in [2.24, 2.45) is 7.05 Å². The highest BCUT2D eigenvalue weighted by molar-refractivity contribution is 7.84. The van der Waals surface area contributed by atoms with Crippen LogP contribution in [0, 0.1) is 0 Å². The summed E-state index contributed by atoms with van der Waals surface area (Å²) in [6, 6.07) is 2.68. The van der Waals surface area contributed by atoms with E-state index in [1.807, 2.05) is 0 Å². The van der Waals surface area contributed by atoms with E-state index in [4.69, 9.17) is 0 Å². The SMILES string of the molecule is CC(CS(C)=O)NC(=O)c1ccn(C)c(=O)c1. The first kappa shape index (κ1) is 13.6. The molecule has 0 aliphatic carbocycles. The minimum absolute atomic E-state index is 0.183. The normalized spacial score (nSPS) is 14.1. The number of hydrogen-bond donors (Lipinski definition) is 1. The molecule has 1 aromatic heterocycles. The number of aromatic nitrogens is 1. The van der Waals surface area contributed by atoms with Crippen LogP contribution in [-0.4, -0.2) is 32.7 Å². The maximum absolute atomic E-state index is 11.7. The number of aryl methyl sites for hydroxylation is 1. The molecule has 2 unspecified atom stereocenters. The third-order valence-electron chi connectivity index (χ3n) is 2.23. The fourth-order valence-electron chi connectivity index (χ4n) is 1.39. The van der Waals surface area contributed by atoms with Crippen molar-refractivity contribution in [1.29, 1.82) is 0 Å². The summed E-state index contributed by atoms with van der Waals surface area (Å²) >= 11 is 0. The van der Waals surface area contributed by atoms with Gasteiger partial charge in [0, 0.05) is 53.7 Å². The third-order valence-corrected chi connectivity index (χ3v) is 3.20. The largest absolute Gasteiger partial charge is 0.349 e. The molecule has 1 heterocycles. The second kappa shape index (κ2) is 5.77. The topological polar surface area (TPSA) is 68.2 Å². The van der Waals surface area contributed by atoms with Gasteiger partial charge in [0.05, 0.1) is 0 Å². The first-order valence-corrected chi connectivity index (χ1v) is 6.90. The van der Waals surface area contributed by atoms with Crippen molar-refractivity contribution in [2.45, 2.75) is 13.0 Å². The van der Waals surface area contributed by atoms with Crippen LogP contribution < -0.4 is 10.9 Å². The lowest BCUT2D eigenvalue weighted by molar-refractivity contribution is 0.0943. The van der Waals surface area contributed by atoms with Crippen LogP contribution in [0.1, 0.15) is 17.3 Å². The van der Waals surface area contributed by atoms with Crippen LogP contribution in [0.4, 0.5) is 0 Å². The maximum Gasteiger partial charge on any atom is 0.251 e. The van der Waals surface area contributed by atoms with Crippen molar-refractivity contribution < 1.29 is 9.00 Å². The van der Waals surface area contributed by atoms with Crippen LogP contribution in [0.25, 0.3) is 0 Å². The zero-order valence-electron chi connectivity index (χ0n) is 10.1. The molecule has 17 heavy (non-hydrogen) atoms. The number of nitrogens with one attached hydrogen (secondary N) is 1. The molecule has 0 aliphatic rings. The van der Waals surface area contributed by atoms with Gasteiger partial charge in [0.15, 0.2) is 0 Å². The molecule has 0 fully saturated rings. The lowest BCUT2D eigenvalue weighted by Gasteiger charge is -2.12. The Balaban J connectivity index is 2.73. The van der Waals surface area contributed by atoms with Gasteiger partial charge in [-0.15, -0.1) is 0 Å². The summed E-state index contributed by atoms with van der Waals surface area (Å²) in [4.78, 5) is 23.1. The molecule has 1 aromatic rings. The summed E-state index contributed by atoms with van der Waals surface area (Å²) < 4.78 is 12.4. The minimum atomic E-state index is -0.957. The number of carbonyl (C=O) groups is 1. The molecule has 1 rings (SSSR count). The fourth-order valence-corrected chi connectivity index (χ4v) is 2.18. The van der Waals surface area contributed by atoms with E-state index < -0.39 is 10.8 Å². The molecule has 0 bridgehead atoms. The average molecular weight is 256 g/mol. The van der Waals surface area contributed by atoms with Crippen LogP contribution in [0.15, 0.2) is 23.1 Å². The number of carbonyl (C=O) groups excluding carboxylic acids is 1. The molecular weight excluding hydrogens is 240 g/mol. The van der Waals surface area contributed by atoms with E-state index in [1.165, 1.54) is 10.6 Å². The Morgan fingerprint density at radius 3 is 2.76 bits per heavy atom. The Kier molecular flexibility index (Phi) is 4.62. The van der Waals surface area contributed by atoms with E-state index >= 15 is 0 Å². The van der Waals surface area contributed by atoms with Gasteiger partial charge in [-0.25, -0.2) is 0 Å². The Morgan fingerprint density at radius 1 is 1.59 bits per heavy atom. The molecule has 5 nitrogen and oxygen atoms in total. The first-order chi connectivity index (χ1) is 7.90. The molecule has 0 saturated heterocycles. The van der Waals surface area contributed by atoms with Crippen LogP contribution in [-0.2, 0) is 17.8 Å². The first-order valence-electron chi connectivity index (χ1n) is 5.17. The van der Waals surface area contributed by atoms with Crippen LogP contribution in [0.5, 0.6) is 0 Å². The van der Waals surface area contributed by atoms with Crippen molar-refractivity contribution in [1.82, 2.24) is 9.88 Å². The van der Waals surface area contributed by atoms with Crippen molar-refractivity contribution >= 4 is 16.7 Å². The van der Waals surface area contributed by atoms with Crippen LogP contribution in [0.3, 0.4) is 0 Å². The zero-order chi connectivity index (χ0) is 13.0. The molecule has 1 N–H and O–H groups in total. The monoisotopic (exact) mass is 256 g/mol. The number of hydrogen-bond acceptors (Lipinski definition) is 3. The molecule has 0 saturated carbocycles. The maximum atomic E-state index is 11.7. The second-order valence-corrected chi connectivity index (χ2v) is 5.46. The quantitative estimate of drug-likeness (QED) is 0.816. The fraction of sp³-hybridized carbons (Fsp3) is 0.455. The molecule has 0 radical (unpaired) electrons. The van der Waals surface area contributed by atoms with Gasteiger partial charge in [0.25, 0.3) is 11.5 Å². The zero-order valence-corrected chi connectivity index (χ0v) is 10.9. The number of rotatable bonds is 4. The molecule has 1 amide bonds. The molecule has 6 heteroatoms. The molecular formula is C11H16N2O3S.